The van der Waals surface area contributed by atoms with Crippen LogP contribution in [0.2, 0.25) is 0 Å². The Balaban J connectivity index is 2.64. The van der Waals surface area contributed by atoms with Crippen LogP contribution >= 0.6 is 0 Å². The van der Waals surface area contributed by atoms with Crippen molar-refractivity contribution < 1.29 is 32.2 Å². The normalized spacial score (nSPS) is 22.1. The summed E-state index contributed by atoms with van der Waals surface area (Å²) in [5.41, 5.74) is 0.939. The number of rotatable bonds is 7. The predicted octanol–water partition coefficient (Wildman–Crippen LogP) is 2.74. The van der Waals surface area contributed by atoms with Gasteiger partial charge in [0.1, 0.15) is 23.3 Å². The number of nitrogens with zero attached hydrogens (tertiary/aromatic N) is 2. The number of carbonyl (C=O) groups is 1. The summed E-state index contributed by atoms with van der Waals surface area (Å²) in [6.07, 6.45) is -5.14. The number of alkyl halides is 4. The van der Waals surface area contributed by atoms with Crippen LogP contribution in [0.25, 0.3) is 0 Å². The maximum atomic E-state index is 15.5. The number of hydrogen-bond donors (Lipinski definition) is 4. The first-order valence-electron chi connectivity index (χ1n) is 9.19. The summed E-state index contributed by atoms with van der Waals surface area (Å²) in [4.78, 5) is 19.3. The Hall–Kier alpha value is -2.89. The number of amides is 1. The highest BCUT2D eigenvalue weighted by molar-refractivity contribution is 5.94. The van der Waals surface area contributed by atoms with Crippen LogP contribution in [-0.4, -0.2) is 46.9 Å². The van der Waals surface area contributed by atoms with Gasteiger partial charge in [-0.2, -0.15) is 18.2 Å². The Bertz CT molecular complexity index is 924. The van der Waals surface area contributed by atoms with Gasteiger partial charge in [0.05, 0.1) is 24.0 Å². The van der Waals surface area contributed by atoms with Gasteiger partial charge >= 0.3 is 6.18 Å². The molecule has 0 bridgehead atoms. The smallest absolute Gasteiger partial charge is 0.421 e. The van der Waals surface area contributed by atoms with Crippen molar-refractivity contribution in [3.63, 3.8) is 0 Å². The quantitative estimate of drug-likeness (QED) is 0.474. The number of aliphatic hydroxyl groups is 1. The molecule has 0 fully saturated rings. The summed E-state index contributed by atoms with van der Waals surface area (Å²) >= 11 is 0. The molecule has 2 atom stereocenters. The van der Waals surface area contributed by atoms with Gasteiger partial charge in [-0.25, -0.2) is 9.37 Å². The van der Waals surface area contributed by atoms with E-state index in [1.165, 1.54) is 34.9 Å². The van der Waals surface area contributed by atoms with E-state index in [0.717, 1.165) is 6.08 Å². The zero-order valence-electron chi connectivity index (χ0n) is 17.7. The highest BCUT2D eigenvalue weighted by atomic mass is 19.4. The maximum Gasteiger partial charge on any atom is 0.421 e. The van der Waals surface area contributed by atoms with Crippen molar-refractivity contribution in [3.05, 3.63) is 34.9 Å². The first-order chi connectivity index (χ1) is 14.1. The summed E-state index contributed by atoms with van der Waals surface area (Å²) in [5.74, 6) is -1.77. The molecule has 172 valence electrons. The largest absolute Gasteiger partial charge is 0.495 e. The van der Waals surface area contributed by atoms with E-state index in [4.69, 9.17) is 10.5 Å². The Kier molecular flexibility index (Phi) is 6.55. The van der Waals surface area contributed by atoms with Crippen molar-refractivity contribution >= 4 is 17.7 Å². The predicted molar refractivity (Wildman–Crippen MR) is 105 cm³/mol. The van der Waals surface area contributed by atoms with E-state index < -0.39 is 40.7 Å². The maximum absolute atomic E-state index is 15.5. The molecule has 2 rings (SSSR count). The highest BCUT2D eigenvalue weighted by Gasteiger charge is 2.49. The van der Waals surface area contributed by atoms with Crippen LogP contribution in [-0.2, 0) is 15.7 Å². The summed E-state index contributed by atoms with van der Waals surface area (Å²) < 4.78 is 60.1. The van der Waals surface area contributed by atoms with E-state index in [0.29, 0.717) is 6.20 Å². The first-order valence-corrected chi connectivity index (χ1v) is 9.19. The second-order valence-electron chi connectivity index (χ2n) is 8.01. The number of ether oxygens (including phenoxy) is 1. The van der Waals surface area contributed by atoms with Gasteiger partial charge in [0.15, 0.2) is 0 Å². The number of halogens is 4. The zero-order chi connectivity index (χ0) is 23.8. The standard InChI is InChI=1S/C19H25F4N5O3/c1-17(2,30)8-18(3)12(20)9(14(24)29)6-11(31-5)13(18)27-16-26-7-10(19(21,22)23)15(25-4)28-16/h6-7,12,30H,8H2,1-5H3,(H2,24,29)(H2,25,26,27,28). The van der Waals surface area contributed by atoms with Crippen LogP contribution in [0.3, 0.4) is 0 Å². The minimum atomic E-state index is -4.68. The number of carbonyl (C=O) groups excluding carboxylic acids is 1. The molecular weight excluding hydrogens is 422 g/mol. The van der Waals surface area contributed by atoms with E-state index in [9.17, 15) is 23.1 Å². The lowest BCUT2D eigenvalue weighted by Gasteiger charge is -2.42. The van der Waals surface area contributed by atoms with Crippen molar-refractivity contribution in [1.29, 1.82) is 0 Å². The molecule has 0 saturated heterocycles. The topological polar surface area (TPSA) is 122 Å². The molecule has 31 heavy (non-hydrogen) atoms. The van der Waals surface area contributed by atoms with Crippen LogP contribution in [0.5, 0.6) is 0 Å². The summed E-state index contributed by atoms with van der Waals surface area (Å²) in [5, 5.41) is 15.4. The average Bonchev–Trinajstić information content (AvgIpc) is 2.63. The molecule has 0 aromatic carbocycles. The number of allylic oxidation sites excluding steroid dienone is 2. The molecule has 8 nitrogen and oxygen atoms in total. The van der Waals surface area contributed by atoms with Crippen LogP contribution in [0.4, 0.5) is 29.3 Å². The Labute approximate surface area is 176 Å². The van der Waals surface area contributed by atoms with Crippen molar-refractivity contribution in [3.8, 4) is 0 Å². The molecule has 0 spiro atoms. The van der Waals surface area contributed by atoms with Gasteiger partial charge in [-0.1, -0.05) is 6.92 Å². The molecule has 0 radical (unpaired) electrons. The molecule has 2 unspecified atom stereocenters. The van der Waals surface area contributed by atoms with Gasteiger partial charge in [-0.15, -0.1) is 0 Å². The van der Waals surface area contributed by atoms with Crippen molar-refractivity contribution in [1.82, 2.24) is 9.97 Å². The van der Waals surface area contributed by atoms with Crippen molar-refractivity contribution in [2.24, 2.45) is 11.1 Å². The minimum Gasteiger partial charge on any atom is -0.495 e. The Morgan fingerprint density at radius 1 is 1.39 bits per heavy atom. The number of aromatic nitrogens is 2. The minimum absolute atomic E-state index is 0.00366. The van der Waals surface area contributed by atoms with Crippen molar-refractivity contribution in [2.45, 2.75) is 45.1 Å². The number of nitrogens with two attached hydrogens (primary N) is 1. The van der Waals surface area contributed by atoms with Gasteiger partial charge in [-0.3, -0.25) is 4.79 Å². The summed E-state index contributed by atoms with van der Waals surface area (Å²) in [6.45, 7) is 4.33. The van der Waals surface area contributed by atoms with Gasteiger partial charge < -0.3 is 26.2 Å². The Morgan fingerprint density at radius 3 is 2.45 bits per heavy atom. The summed E-state index contributed by atoms with van der Waals surface area (Å²) in [6, 6.07) is 0. The van der Waals surface area contributed by atoms with Crippen LogP contribution in [0.15, 0.2) is 29.3 Å². The first kappa shape index (κ1) is 24.4. The average molecular weight is 447 g/mol. The van der Waals surface area contributed by atoms with E-state index in [2.05, 4.69) is 20.6 Å². The molecule has 1 aliphatic rings. The third-order valence-corrected chi connectivity index (χ3v) is 4.81. The SMILES string of the molecule is CNc1nc(NC2=C(OC)C=C(C(N)=O)C(F)C2(C)CC(C)(C)O)ncc1C(F)(F)F. The molecule has 0 saturated carbocycles. The fraction of sp³-hybridized carbons (Fsp3) is 0.526. The lowest BCUT2D eigenvalue weighted by molar-refractivity contribution is -0.137. The monoisotopic (exact) mass is 447 g/mol. The molecule has 1 aromatic heterocycles. The second-order valence-corrected chi connectivity index (χ2v) is 8.01. The van der Waals surface area contributed by atoms with Gasteiger partial charge in [0.25, 0.3) is 0 Å². The number of primary amides is 1. The lowest BCUT2D eigenvalue weighted by Crippen LogP contribution is -2.46. The molecule has 1 heterocycles. The van der Waals surface area contributed by atoms with E-state index in [-0.39, 0.29) is 29.4 Å². The van der Waals surface area contributed by atoms with E-state index >= 15 is 4.39 Å². The molecular formula is C19H25F4N5O3. The number of methoxy groups -OCH3 is 1. The second kappa shape index (κ2) is 8.33. The lowest BCUT2D eigenvalue weighted by atomic mass is 9.69. The Morgan fingerprint density at radius 2 is 2.00 bits per heavy atom. The molecule has 1 amide bonds. The fourth-order valence-electron chi connectivity index (χ4n) is 3.63. The zero-order valence-corrected chi connectivity index (χ0v) is 17.7. The summed E-state index contributed by atoms with van der Waals surface area (Å²) in [7, 11) is 2.53. The van der Waals surface area contributed by atoms with Gasteiger partial charge in [0, 0.05) is 18.7 Å². The highest BCUT2D eigenvalue weighted by Crippen LogP contribution is 2.47. The molecule has 0 aliphatic heterocycles. The molecule has 1 aromatic rings. The van der Waals surface area contributed by atoms with Gasteiger partial charge in [0.2, 0.25) is 11.9 Å². The van der Waals surface area contributed by atoms with Crippen LogP contribution in [0, 0.1) is 5.41 Å². The fourth-order valence-corrected chi connectivity index (χ4v) is 3.63. The van der Waals surface area contributed by atoms with Crippen LogP contribution < -0.4 is 16.4 Å². The molecule has 12 heteroatoms. The molecule has 5 N–H and O–H groups in total. The number of hydrogen-bond acceptors (Lipinski definition) is 7. The van der Waals surface area contributed by atoms with Gasteiger partial charge in [-0.05, 0) is 26.3 Å². The number of nitrogens with one attached hydrogen (secondary N) is 2. The third kappa shape index (κ3) is 5.06. The third-order valence-electron chi connectivity index (χ3n) is 4.81. The molecule has 1 aliphatic carbocycles. The van der Waals surface area contributed by atoms with E-state index in [1.807, 2.05) is 0 Å². The van der Waals surface area contributed by atoms with Crippen molar-refractivity contribution in [2.75, 3.05) is 24.8 Å². The number of anilines is 2. The van der Waals surface area contributed by atoms with Crippen LogP contribution in [0.1, 0.15) is 32.8 Å². The van der Waals surface area contributed by atoms with E-state index in [1.54, 1.807) is 0 Å².